The second-order valence-electron chi connectivity index (χ2n) is 5.98. The summed E-state index contributed by atoms with van der Waals surface area (Å²) in [7, 11) is 0. The largest absolute Gasteiger partial charge is 0.315 e. The summed E-state index contributed by atoms with van der Waals surface area (Å²) in [5, 5.41) is 2.36. The van der Waals surface area contributed by atoms with Crippen LogP contribution in [0.3, 0.4) is 0 Å². The summed E-state index contributed by atoms with van der Waals surface area (Å²) in [6.07, 6.45) is -0.0391. The first-order valence-electron chi connectivity index (χ1n) is 7.52. The van der Waals surface area contributed by atoms with E-state index in [1.54, 1.807) is 24.3 Å². The van der Waals surface area contributed by atoms with E-state index < -0.39 is 11.4 Å². The van der Waals surface area contributed by atoms with Crippen LogP contribution in [0.1, 0.15) is 27.9 Å². The molecule has 2 heterocycles. The van der Waals surface area contributed by atoms with Gasteiger partial charge < -0.3 is 4.90 Å². The summed E-state index contributed by atoms with van der Waals surface area (Å²) >= 11 is 3.41. The SMILES string of the molecule is O=C1CC2(C(=O)N1)c1ccccc1C(=O)N2Cc1cccc(Br)c1. The molecule has 0 bridgehead atoms. The molecule has 1 saturated heterocycles. The van der Waals surface area contributed by atoms with E-state index in [0.717, 1.165) is 10.0 Å². The zero-order valence-electron chi connectivity index (χ0n) is 12.6. The van der Waals surface area contributed by atoms with E-state index in [2.05, 4.69) is 21.2 Å². The van der Waals surface area contributed by atoms with E-state index in [-0.39, 0.29) is 24.8 Å². The summed E-state index contributed by atoms with van der Waals surface area (Å²) in [5.41, 5.74) is 0.732. The lowest BCUT2D eigenvalue weighted by Gasteiger charge is -2.32. The zero-order valence-corrected chi connectivity index (χ0v) is 14.2. The van der Waals surface area contributed by atoms with Crippen LogP contribution in [0, 0.1) is 0 Å². The van der Waals surface area contributed by atoms with Crippen LogP contribution in [0.15, 0.2) is 53.0 Å². The van der Waals surface area contributed by atoms with Crippen LogP contribution < -0.4 is 5.32 Å². The third-order valence-corrected chi connectivity index (χ3v) is 5.08. The first-order chi connectivity index (χ1) is 11.5. The first-order valence-corrected chi connectivity index (χ1v) is 8.32. The maximum atomic E-state index is 12.9. The maximum Gasteiger partial charge on any atom is 0.257 e. The number of carbonyl (C=O) groups is 3. The Balaban J connectivity index is 1.85. The summed E-state index contributed by atoms with van der Waals surface area (Å²) < 4.78 is 0.894. The highest BCUT2D eigenvalue weighted by Gasteiger charge is 2.59. The van der Waals surface area contributed by atoms with Crippen molar-refractivity contribution in [2.75, 3.05) is 0 Å². The van der Waals surface area contributed by atoms with Gasteiger partial charge in [-0.3, -0.25) is 19.7 Å². The van der Waals surface area contributed by atoms with Gasteiger partial charge in [0.2, 0.25) is 5.91 Å². The molecule has 1 spiro atoms. The molecular weight excluding hydrogens is 372 g/mol. The summed E-state index contributed by atoms with van der Waals surface area (Å²) in [4.78, 5) is 39.0. The molecule has 2 aromatic carbocycles. The second kappa shape index (κ2) is 5.27. The maximum absolute atomic E-state index is 12.9. The third kappa shape index (κ3) is 2.03. The number of nitrogens with zero attached hydrogens (tertiary/aromatic N) is 1. The fourth-order valence-corrected chi connectivity index (χ4v) is 3.99. The van der Waals surface area contributed by atoms with Crippen molar-refractivity contribution < 1.29 is 14.4 Å². The number of fused-ring (bicyclic) bond motifs is 2. The number of amides is 3. The van der Waals surface area contributed by atoms with E-state index >= 15 is 0 Å². The molecule has 1 unspecified atom stereocenters. The van der Waals surface area contributed by atoms with Gasteiger partial charge in [-0.25, -0.2) is 0 Å². The van der Waals surface area contributed by atoms with Crippen molar-refractivity contribution in [1.82, 2.24) is 10.2 Å². The smallest absolute Gasteiger partial charge is 0.257 e. The Hall–Kier alpha value is -2.47. The summed E-state index contributed by atoms with van der Waals surface area (Å²) in [5.74, 6) is -1.01. The van der Waals surface area contributed by atoms with Gasteiger partial charge in [0.05, 0.1) is 6.42 Å². The Bertz CT molecular complexity index is 895. The third-order valence-electron chi connectivity index (χ3n) is 4.58. The van der Waals surface area contributed by atoms with Gasteiger partial charge in [-0.2, -0.15) is 0 Å². The Labute approximate surface area is 146 Å². The van der Waals surface area contributed by atoms with Gasteiger partial charge in [0.25, 0.3) is 11.8 Å². The van der Waals surface area contributed by atoms with Crippen LogP contribution in [-0.4, -0.2) is 22.6 Å². The fourth-order valence-electron chi connectivity index (χ4n) is 3.54. The molecule has 0 saturated carbocycles. The molecule has 0 aromatic heterocycles. The molecule has 0 aliphatic carbocycles. The Morgan fingerprint density at radius 3 is 2.58 bits per heavy atom. The average Bonchev–Trinajstić information content (AvgIpc) is 2.98. The van der Waals surface area contributed by atoms with E-state index in [1.165, 1.54) is 4.90 Å². The van der Waals surface area contributed by atoms with Crippen molar-refractivity contribution in [2.45, 2.75) is 18.5 Å². The minimum Gasteiger partial charge on any atom is -0.315 e. The number of hydrogen-bond acceptors (Lipinski definition) is 3. The molecule has 1 atom stereocenters. The van der Waals surface area contributed by atoms with Gasteiger partial charge >= 0.3 is 0 Å². The number of imide groups is 1. The number of hydrogen-bond donors (Lipinski definition) is 1. The molecule has 2 aromatic rings. The van der Waals surface area contributed by atoms with E-state index in [0.29, 0.717) is 11.1 Å². The zero-order chi connectivity index (χ0) is 16.9. The number of rotatable bonds is 2. The van der Waals surface area contributed by atoms with E-state index in [4.69, 9.17) is 0 Å². The lowest BCUT2D eigenvalue weighted by molar-refractivity contribution is -0.129. The van der Waals surface area contributed by atoms with Crippen LogP contribution in [-0.2, 0) is 21.7 Å². The van der Waals surface area contributed by atoms with E-state index in [9.17, 15) is 14.4 Å². The predicted octanol–water partition coefficient (Wildman–Crippen LogP) is 2.35. The van der Waals surface area contributed by atoms with Gasteiger partial charge in [0.15, 0.2) is 5.54 Å². The van der Waals surface area contributed by atoms with Crippen molar-refractivity contribution in [3.63, 3.8) is 0 Å². The van der Waals surface area contributed by atoms with Crippen molar-refractivity contribution in [2.24, 2.45) is 0 Å². The van der Waals surface area contributed by atoms with Crippen molar-refractivity contribution in [3.8, 4) is 0 Å². The van der Waals surface area contributed by atoms with Crippen LogP contribution in [0.25, 0.3) is 0 Å². The molecule has 3 amide bonds. The highest BCUT2D eigenvalue weighted by Crippen LogP contribution is 2.45. The van der Waals surface area contributed by atoms with Crippen molar-refractivity contribution in [1.29, 1.82) is 0 Å². The van der Waals surface area contributed by atoms with Crippen molar-refractivity contribution in [3.05, 3.63) is 69.7 Å². The van der Waals surface area contributed by atoms with Gasteiger partial charge in [0.1, 0.15) is 0 Å². The number of carbonyl (C=O) groups excluding carboxylic acids is 3. The molecule has 5 nitrogen and oxygen atoms in total. The topological polar surface area (TPSA) is 66.5 Å². The Morgan fingerprint density at radius 1 is 1.08 bits per heavy atom. The lowest BCUT2D eigenvalue weighted by atomic mass is 9.87. The fraction of sp³-hybridized carbons (Fsp3) is 0.167. The minimum atomic E-state index is -1.24. The van der Waals surface area contributed by atoms with Crippen LogP contribution in [0.5, 0.6) is 0 Å². The minimum absolute atomic E-state index is 0.0391. The monoisotopic (exact) mass is 384 g/mol. The molecule has 2 aliphatic heterocycles. The first kappa shape index (κ1) is 15.1. The van der Waals surface area contributed by atoms with Crippen LogP contribution >= 0.6 is 15.9 Å². The quantitative estimate of drug-likeness (QED) is 0.808. The predicted molar refractivity (Wildman–Crippen MR) is 89.9 cm³/mol. The summed E-state index contributed by atoms with van der Waals surface area (Å²) in [6, 6.07) is 14.6. The van der Waals surface area contributed by atoms with Gasteiger partial charge in [0, 0.05) is 22.1 Å². The molecule has 6 heteroatoms. The molecule has 4 rings (SSSR count). The van der Waals surface area contributed by atoms with Crippen molar-refractivity contribution >= 4 is 33.7 Å². The Morgan fingerprint density at radius 2 is 1.88 bits per heavy atom. The normalized spacial score (nSPS) is 22.2. The standard InChI is InChI=1S/C18H13BrN2O3/c19-12-5-3-4-11(8-12)10-21-16(23)13-6-1-2-7-14(13)18(21)9-15(22)20-17(18)24/h1-8H,9-10H2,(H,20,22,24). The second-order valence-corrected chi connectivity index (χ2v) is 6.90. The number of halogens is 1. The summed E-state index contributed by atoms with van der Waals surface area (Å²) in [6.45, 7) is 0.258. The lowest BCUT2D eigenvalue weighted by Crippen LogP contribution is -2.48. The van der Waals surface area contributed by atoms with Gasteiger partial charge in [-0.1, -0.05) is 46.3 Å². The van der Waals surface area contributed by atoms with Crippen LogP contribution in [0.4, 0.5) is 0 Å². The highest BCUT2D eigenvalue weighted by atomic mass is 79.9. The molecule has 0 radical (unpaired) electrons. The molecule has 1 fully saturated rings. The number of nitrogens with one attached hydrogen (secondary N) is 1. The highest BCUT2D eigenvalue weighted by molar-refractivity contribution is 9.10. The molecule has 24 heavy (non-hydrogen) atoms. The molecule has 2 aliphatic rings. The Kier molecular flexibility index (Phi) is 3.31. The number of benzene rings is 2. The van der Waals surface area contributed by atoms with Gasteiger partial charge in [-0.15, -0.1) is 0 Å². The molecular formula is C18H13BrN2O3. The molecule has 1 N–H and O–H groups in total. The molecule has 120 valence electrons. The average molecular weight is 385 g/mol. The van der Waals surface area contributed by atoms with Crippen LogP contribution in [0.2, 0.25) is 0 Å². The van der Waals surface area contributed by atoms with E-state index in [1.807, 2.05) is 24.3 Å². The van der Waals surface area contributed by atoms with Gasteiger partial charge in [-0.05, 0) is 23.8 Å².